The van der Waals surface area contributed by atoms with Gasteiger partial charge in [0.15, 0.2) is 5.78 Å². The summed E-state index contributed by atoms with van der Waals surface area (Å²) in [6.45, 7) is 6.32. The van der Waals surface area contributed by atoms with Crippen LogP contribution in [0.5, 0.6) is 0 Å². The molecular weight excluding hydrogens is 436 g/mol. The smallest absolute Gasteiger partial charge is 0.255 e. The van der Waals surface area contributed by atoms with E-state index in [1.807, 2.05) is 26.8 Å². The first-order chi connectivity index (χ1) is 16.1. The molecule has 0 spiro atoms. The first-order valence-electron chi connectivity index (χ1n) is 11.5. The maximum absolute atomic E-state index is 13.6. The zero-order chi connectivity index (χ0) is 24.5. The van der Waals surface area contributed by atoms with E-state index >= 15 is 0 Å². The minimum Gasteiger partial charge on any atom is -0.472 e. The number of furan rings is 1. The summed E-state index contributed by atoms with van der Waals surface area (Å²) >= 11 is 0. The highest BCUT2D eigenvalue weighted by molar-refractivity contribution is 6.00. The van der Waals surface area contributed by atoms with E-state index in [9.17, 15) is 19.2 Å². The van der Waals surface area contributed by atoms with Gasteiger partial charge in [-0.15, -0.1) is 0 Å². The van der Waals surface area contributed by atoms with Gasteiger partial charge < -0.3 is 19.5 Å². The molecule has 1 N–H and O–H groups in total. The molecule has 0 saturated carbocycles. The molecule has 9 heteroatoms. The molecular formula is C25H30N4O5. The number of fused-ring (bicyclic) bond motifs is 1. The van der Waals surface area contributed by atoms with E-state index in [-0.39, 0.29) is 42.0 Å². The van der Waals surface area contributed by atoms with Crippen LogP contribution in [0.2, 0.25) is 0 Å². The minimum absolute atomic E-state index is 0.0104. The average molecular weight is 467 g/mol. The molecule has 2 aliphatic rings. The van der Waals surface area contributed by atoms with Crippen molar-refractivity contribution in [2.24, 2.45) is 5.41 Å². The summed E-state index contributed by atoms with van der Waals surface area (Å²) in [7, 11) is 0. The summed E-state index contributed by atoms with van der Waals surface area (Å²) in [5.41, 5.74) is 0.866. The Kier molecular flexibility index (Phi) is 6.54. The highest BCUT2D eigenvalue weighted by atomic mass is 16.3. The normalized spacial score (nSPS) is 20.9. The zero-order valence-electron chi connectivity index (χ0n) is 19.7. The van der Waals surface area contributed by atoms with E-state index in [2.05, 4.69) is 10.3 Å². The Morgan fingerprint density at radius 3 is 2.68 bits per heavy atom. The number of ketones is 1. The number of nitrogens with zero attached hydrogens (tertiary/aromatic N) is 3. The third-order valence-electron chi connectivity index (χ3n) is 6.31. The Morgan fingerprint density at radius 1 is 1.24 bits per heavy atom. The van der Waals surface area contributed by atoms with Crippen LogP contribution in [0, 0.1) is 5.41 Å². The summed E-state index contributed by atoms with van der Waals surface area (Å²) in [4.78, 5) is 59.4. The Morgan fingerprint density at radius 2 is 2.03 bits per heavy atom. The van der Waals surface area contributed by atoms with E-state index in [0.717, 1.165) is 5.56 Å². The molecule has 0 radical (unpaired) electrons. The second-order valence-corrected chi connectivity index (χ2v) is 10.2. The summed E-state index contributed by atoms with van der Waals surface area (Å²) in [6.07, 6.45) is 7.09. The van der Waals surface area contributed by atoms with Crippen LogP contribution in [0.1, 0.15) is 49.5 Å². The van der Waals surface area contributed by atoms with Gasteiger partial charge in [-0.3, -0.25) is 24.2 Å². The van der Waals surface area contributed by atoms with Gasteiger partial charge >= 0.3 is 0 Å². The lowest BCUT2D eigenvalue weighted by Crippen LogP contribution is -2.53. The molecule has 0 bridgehead atoms. The van der Waals surface area contributed by atoms with Crippen LogP contribution in [0.25, 0.3) is 0 Å². The van der Waals surface area contributed by atoms with E-state index in [4.69, 9.17) is 4.42 Å². The lowest BCUT2D eigenvalue weighted by Gasteiger charge is -2.31. The third-order valence-corrected chi connectivity index (χ3v) is 6.31. The van der Waals surface area contributed by atoms with Crippen molar-refractivity contribution < 1.29 is 23.6 Å². The summed E-state index contributed by atoms with van der Waals surface area (Å²) in [5.74, 6) is -0.999. The summed E-state index contributed by atoms with van der Waals surface area (Å²) in [5, 5.41) is 2.83. The predicted molar refractivity (Wildman–Crippen MR) is 123 cm³/mol. The van der Waals surface area contributed by atoms with Crippen molar-refractivity contribution in [3.63, 3.8) is 0 Å². The monoisotopic (exact) mass is 466 g/mol. The second kappa shape index (κ2) is 9.40. The van der Waals surface area contributed by atoms with Gasteiger partial charge in [-0.2, -0.15) is 0 Å². The molecule has 0 aromatic carbocycles. The fraction of sp³-hybridized carbons (Fsp3) is 0.480. The zero-order valence-corrected chi connectivity index (χ0v) is 19.7. The number of pyridine rings is 1. The maximum Gasteiger partial charge on any atom is 0.255 e. The van der Waals surface area contributed by atoms with E-state index in [1.165, 1.54) is 18.6 Å². The van der Waals surface area contributed by atoms with Crippen LogP contribution in [-0.4, -0.2) is 69.5 Å². The topological polar surface area (TPSA) is 113 Å². The fourth-order valence-corrected chi connectivity index (χ4v) is 4.82. The number of Topliss-reactive ketones (excluding diaryl/α,β-unsaturated/α-hetero) is 1. The Hall–Kier alpha value is -3.49. The van der Waals surface area contributed by atoms with Crippen LogP contribution in [-0.2, 0) is 20.8 Å². The van der Waals surface area contributed by atoms with Gasteiger partial charge in [0, 0.05) is 18.9 Å². The van der Waals surface area contributed by atoms with Gasteiger partial charge in [0.25, 0.3) is 5.91 Å². The number of amides is 3. The molecule has 2 fully saturated rings. The van der Waals surface area contributed by atoms with Crippen molar-refractivity contribution in [2.45, 2.75) is 58.2 Å². The van der Waals surface area contributed by atoms with E-state index in [1.54, 1.807) is 28.3 Å². The molecule has 4 rings (SSSR count). The minimum atomic E-state index is -0.797. The van der Waals surface area contributed by atoms with Crippen molar-refractivity contribution in [2.75, 3.05) is 13.1 Å². The van der Waals surface area contributed by atoms with Crippen LogP contribution in [0.3, 0.4) is 0 Å². The van der Waals surface area contributed by atoms with Crippen molar-refractivity contribution in [3.8, 4) is 0 Å². The molecule has 2 aromatic heterocycles. The maximum atomic E-state index is 13.6. The summed E-state index contributed by atoms with van der Waals surface area (Å²) in [6, 6.07) is 3.30. The highest BCUT2D eigenvalue weighted by Crippen LogP contribution is 2.32. The molecule has 180 valence electrons. The number of hydrogen-bond donors (Lipinski definition) is 1. The van der Waals surface area contributed by atoms with Gasteiger partial charge in [0.05, 0.1) is 30.8 Å². The lowest BCUT2D eigenvalue weighted by atomic mass is 9.87. The van der Waals surface area contributed by atoms with Crippen LogP contribution in [0.15, 0.2) is 47.5 Å². The molecule has 3 amide bonds. The molecule has 2 aliphatic heterocycles. The lowest BCUT2D eigenvalue weighted by molar-refractivity contribution is -0.138. The van der Waals surface area contributed by atoms with Crippen LogP contribution in [0.4, 0.5) is 0 Å². The molecule has 2 saturated heterocycles. The predicted octanol–water partition coefficient (Wildman–Crippen LogP) is 1.83. The molecule has 4 heterocycles. The third kappa shape index (κ3) is 5.03. The van der Waals surface area contributed by atoms with Gasteiger partial charge in [-0.25, -0.2) is 0 Å². The van der Waals surface area contributed by atoms with Gasteiger partial charge in [-0.1, -0.05) is 26.8 Å². The molecule has 3 atom stereocenters. The molecule has 34 heavy (non-hydrogen) atoms. The highest BCUT2D eigenvalue weighted by Gasteiger charge is 2.52. The molecule has 3 unspecified atom stereocenters. The van der Waals surface area contributed by atoms with Gasteiger partial charge in [0.1, 0.15) is 18.3 Å². The number of hydrogen-bond acceptors (Lipinski definition) is 6. The SMILES string of the molecule is CC(C)(C)CC(NC(=O)c1ccoc1)C(=O)N1CCC2C1C(=O)CN2C(=O)Cc1cccnc1. The van der Waals surface area contributed by atoms with Crippen molar-refractivity contribution in [1.29, 1.82) is 0 Å². The van der Waals surface area contributed by atoms with Crippen molar-refractivity contribution >= 4 is 23.5 Å². The van der Waals surface area contributed by atoms with Crippen molar-refractivity contribution in [1.82, 2.24) is 20.1 Å². The first-order valence-corrected chi connectivity index (χ1v) is 11.5. The van der Waals surface area contributed by atoms with Gasteiger partial charge in [0.2, 0.25) is 11.8 Å². The Labute approximate surface area is 198 Å². The molecule has 2 aromatic rings. The first kappa shape index (κ1) is 23.7. The number of aromatic nitrogens is 1. The molecule has 9 nitrogen and oxygen atoms in total. The average Bonchev–Trinajstić information content (AvgIpc) is 3.51. The van der Waals surface area contributed by atoms with Crippen LogP contribution >= 0.6 is 0 Å². The quantitative estimate of drug-likeness (QED) is 0.695. The Balaban J connectivity index is 1.49. The molecule has 0 aliphatic carbocycles. The summed E-state index contributed by atoms with van der Waals surface area (Å²) < 4.78 is 4.98. The number of carbonyl (C=O) groups is 4. The van der Waals surface area contributed by atoms with E-state index in [0.29, 0.717) is 24.9 Å². The number of carbonyl (C=O) groups excluding carboxylic acids is 4. The second-order valence-electron chi connectivity index (χ2n) is 10.2. The Bertz CT molecular complexity index is 1060. The van der Waals surface area contributed by atoms with Crippen LogP contribution < -0.4 is 5.32 Å². The fourth-order valence-electron chi connectivity index (χ4n) is 4.82. The standard InChI is InChI=1S/C25H30N4O5/c1-25(2,3)12-18(27-23(32)17-7-10-34-15-17)24(33)28-9-6-19-22(28)20(30)14-29(19)21(31)11-16-5-4-8-26-13-16/h4-5,7-8,10,13,15,18-19,22H,6,9,11-12,14H2,1-3H3,(H,27,32). The van der Waals surface area contributed by atoms with Gasteiger partial charge in [-0.05, 0) is 36.0 Å². The number of likely N-dealkylation sites (tertiary alicyclic amines) is 2. The van der Waals surface area contributed by atoms with Crippen molar-refractivity contribution in [3.05, 3.63) is 54.2 Å². The number of rotatable bonds is 6. The largest absolute Gasteiger partial charge is 0.472 e. The van der Waals surface area contributed by atoms with E-state index < -0.39 is 18.0 Å². The number of nitrogens with one attached hydrogen (secondary N) is 1.